The van der Waals surface area contributed by atoms with Gasteiger partial charge in [-0.25, -0.2) is 14.5 Å². The van der Waals surface area contributed by atoms with Gasteiger partial charge in [0.1, 0.15) is 0 Å². The van der Waals surface area contributed by atoms with Crippen LogP contribution in [0.15, 0.2) is 48.8 Å². The number of hydrogen-bond donors (Lipinski definition) is 1. The molecule has 0 aliphatic heterocycles. The lowest BCUT2D eigenvalue weighted by Gasteiger charge is -2.13. The number of amides is 1. The van der Waals surface area contributed by atoms with E-state index in [2.05, 4.69) is 15.4 Å². The summed E-state index contributed by atoms with van der Waals surface area (Å²) < 4.78 is 6.46. The molecule has 3 rings (SSSR count). The highest BCUT2D eigenvalue weighted by atomic mass is 16.5. The molecule has 2 heterocycles. The van der Waals surface area contributed by atoms with E-state index in [1.807, 2.05) is 38.1 Å². The van der Waals surface area contributed by atoms with E-state index in [0.29, 0.717) is 28.3 Å². The molecular weight excluding hydrogens is 356 g/mol. The SMILES string of the molecule is COC(=O)c1cc(C(C)C)ccc1NC(=O)c1cnn(-c2ccccn2)c1C. The largest absolute Gasteiger partial charge is 0.465 e. The third-order valence-corrected chi connectivity index (χ3v) is 4.48. The summed E-state index contributed by atoms with van der Waals surface area (Å²) in [5.41, 5.74) is 2.74. The molecule has 3 aromatic rings. The van der Waals surface area contributed by atoms with Crippen LogP contribution in [-0.2, 0) is 4.74 Å². The second kappa shape index (κ2) is 8.04. The number of nitrogens with one attached hydrogen (secondary N) is 1. The molecule has 0 fully saturated rings. The van der Waals surface area contributed by atoms with Gasteiger partial charge in [0.15, 0.2) is 5.82 Å². The van der Waals surface area contributed by atoms with Gasteiger partial charge in [0.05, 0.1) is 35.8 Å². The van der Waals surface area contributed by atoms with Gasteiger partial charge in [0, 0.05) is 6.20 Å². The van der Waals surface area contributed by atoms with Crippen LogP contribution in [0.3, 0.4) is 0 Å². The molecule has 7 nitrogen and oxygen atoms in total. The van der Waals surface area contributed by atoms with Crippen LogP contribution in [0.5, 0.6) is 0 Å². The molecule has 0 spiro atoms. The van der Waals surface area contributed by atoms with E-state index < -0.39 is 5.97 Å². The Kier molecular flexibility index (Phi) is 5.54. The van der Waals surface area contributed by atoms with Crippen LogP contribution < -0.4 is 5.32 Å². The van der Waals surface area contributed by atoms with Crippen molar-refractivity contribution in [3.63, 3.8) is 0 Å². The first kappa shape index (κ1) is 19.3. The van der Waals surface area contributed by atoms with Crippen LogP contribution in [-0.4, -0.2) is 33.8 Å². The van der Waals surface area contributed by atoms with Gasteiger partial charge >= 0.3 is 5.97 Å². The Hall–Kier alpha value is -3.48. The summed E-state index contributed by atoms with van der Waals surface area (Å²) in [7, 11) is 1.32. The van der Waals surface area contributed by atoms with Crippen molar-refractivity contribution in [3.8, 4) is 5.82 Å². The molecule has 28 heavy (non-hydrogen) atoms. The van der Waals surface area contributed by atoms with Gasteiger partial charge in [-0.05, 0) is 42.7 Å². The Morgan fingerprint density at radius 1 is 1.14 bits per heavy atom. The molecule has 0 aliphatic carbocycles. The van der Waals surface area contributed by atoms with Gasteiger partial charge in [-0.15, -0.1) is 0 Å². The molecule has 7 heteroatoms. The molecule has 0 bridgehead atoms. The number of ether oxygens (including phenoxy) is 1. The highest BCUT2D eigenvalue weighted by Crippen LogP contribution is 2.24. The van der Waals surface area contributed by atoms with E-state index in [1.165, 1.54) is 13.3 Å². The highest BCUT2D eigenvalue weighted by molar-refractivity contribution is 6.08. The lowest BCUT2D eigenvalue weighted by Crippen LogP contribution is -2.16. The second-order valence-corrected chi connectivity index (χ2v) is 6.65. The Labute approximate surface area is 163 Å². The maximum absolute atomic E-state index is 12.8. The van der Waals surface area contributed by atoms with Gasteiger partial charge in [-0.2, -0.15) is 5.10 Å². The third kappa shape index (κ3) is 3.78. The minimum absolute atomic E-state index is 0.243. The molecule has 0 atom stereocenters. The lowest BCUT2D eigenvalue weighted by molar-refractivity contribution is 0.0602. The summed E-state index contributed by atoms with van der Waals surface area (Å²) in [6.45, 7) is 5.85. The van der Waals surface area contributed by atoms with E-state index in [1.54, 1.807) is 29.9 Å². The number of carbonyl (C=O) groups is 2. The fraction of sp³-hybridized carbons (Fsp3) is 0.238. The fourth-order valence-corrected chi connectivity index (χ4v) is 2.84. The summed E-state index contributed by atoms with van der Waals surface area (Å²) in [6, 6.07) is 10.8. The molecule has 0 radical (unpaired) electrons. The molecule has 0 saturated heterocycles. The number of methoxy groups -OCH3 is 1. The van der Waals surface area contributed by atoms with Crippen molar-refractivity contribution in [2.24, 2.45) is 0 Å². The van der Waals surface area contributed by atoms with Crippen molar-refractivity contribution in [1.82, 2.24) is 14.8 Å². The smallest absolute Gasteiger partial charge is 0.339 e. The van der Waals surface area contributed by atoms with Crippen molar-refractivity contribution in [2.45, 2.75) is 26.7 Å². The normalized spacial score (nSPS) is 10.8. The molecule has 1 N–H and O–H groups in total. The van der Waals surface area contributed by atoms with Crippen LogP contribution >= 0.6 is 0 Å². The lowest BCUT2D eigenvalue weighted by atomic mass is 9.99. The highest BCUT2D eigenvalue weighted by Gasteiger charge is 2.20. The van der Waals surface area contributed by atoms with Crippen LogP contribution in [0.1, 0.15) is 51.7 Å². The first-order valence-electron chi connectivity index (χ1n) is 8.92. The molecule has 2 aromatic heterocycles. The van der Waals surface area contributed by atoms with Crippen LogP contribution in [0.4, 0.5) is 5.69 Å². The number of pyridine rings is 1. The van der Waals surface area contributed by atoms with Gasteiger partial charge in [0.25, 0.3) is 5.91 Å². The number of nitrogens with zero attached hydrogens (tertiary/aromatic N) is 3. The summed E-state index contributed by atoms with van der Waals surface area (Å²) in [5, 5.41) is 7.06. The van der Waals surface area contributed by atoms with Gasteiger partial charge in [-0.1, -0.05) is 26.0 Å². The van der Waals surface area contributed by atoms with Crippen molar-refractivity contribution >= 4 is 17.6 Å². The summed E-state index contributed by atoms with van der Waals surface area (Å²) in [5.74, 6) is 0.00317. The zero-order valence-corrected chi connectivity index (χ0v) is 16.3. The number of rotatable bonds is 5. The first-order chi connectivity index (χ1) is 13.4. The van der Waals surface area contributed by atoms with Crippen LogP contribution in [0.25, 0.3) is 5.82 Å². The molecule has 0 unspecified atom stereocenters. The van der Waals surface area contributed by atoms with Gasteiger partial charge in [-0.3, -0.25) is 4.79 Å². The van der Waals surface area contributed by atoms with Crippen molar-refractivity contribution in [1.29, 1.82) is 0 Å². The Morgan fingerprint density at radius 2 is 1.93 bits per heavy atom. The van der Waals surface area contributed by atoms with Gasteiger partial charge in [0.2, 0.25) is 0 Å². The molecular formula is C21H22N4O3. The Morgan fingerprint density at radius 3 is 2.57 bits per heavy atom. The second-order valence-electron chi connectivity index (χ2n) is 6.65. The molecule has 0 aliphatic rings. The zero-order valence-electron chi connectivity index (χ0n) is 16.3. The van der Waals surface area contributed by atoms with Crippen molar-refractivity contribution in [2.75, 3.05) is 12.4 Å². The predicted octanol–water partition coefficient (Wildman–Crippen LogP) is 3.74. The van der Waals surface area contributed by atoms with E-state index in [0.717, 1.165) is 5.56 Å². The predicted molar refractivity (Wildman–Crippen MR) is 106 cm³/mol. The van der Waals surface area contributed by atoms with Crippen LogP contribution in [0.2, 0.25) is 0 Å². The monoisotopic (exact) mass is 378 g/mol. The van der Waals surface area contributed by atoms with E-state index in [-0.39, 0.29) is 11.8 Å². The first-order valence-corrected chi connectivity index (χ1v) is 8.92. The van der Waals surface area contributed by atoms with Crippen LogP contribution in [0, 0.1) is 6.92 Å². The zero-order chi connectivity index (χ0) is 20.3. The molecule has 0 saturated carbocycles. The fourth-order valence-electron chi connectivity index (χ4n) is 2.84. The summed E-state index contributed by atoms with van der Waals surface area (Å²) in [6.07, 6.45) is 3.15. The average molecular weight is 378 g/mol. The van der Waals surface area contributed by atoms with E-state index >= 15 is 0 Å². The number of anilines is 1. The quantitative estimate of drug-likeness (QED) is 0.684. The maximum atomic E-state index is 12.8. The average Bonchev–Trinajstić information content (AvgIpc) is 3.09. The topological polar surface area (TPSA) is 86.1 Å². The van der Waals surface area contributed by atoms with Crippen molar-refractivity contribution < 1.29 is 14.3 Å². The number of benzene rings is 1. The third-order valence-electron chi connectivity index (χ3n) is 4.48. The van der Waals surface area contributed by atoms with E-state index in [4.69, 9.17) is 4.74 Å². The number of aromatic nitrogens is 3. The molecule has 1 amide bonds. The van der Waals surface area contributed by atoms with E-state index in [9.17, 15) is 9.59 Å². The Bertz CT molecular complexity index is 1010. The Balaban J connectivity index is 1.92. The standard InChI is InChI=1S/C21H22N4O3/c1-13(2)15-8-9-18(16(11-15)21(27)28-4)24-20(26)17-12-23-25(14(17)3)19-7-5-6-10-22-19/h5-13H,1-4H3,(H,24,26). The van der Waals surface area contributed by atoms with Crippen molar-refractivity contribution in [3.05, 3.63) is 71.2 Å². The minimum atomic E-state index is -0.501. The summed E-state index contributed by atoms with van der Waals surface area (Å²) in [4.78, 5) is 29.3. The van der Waals surface area contributed by atoms with Gasteiger partial charge < -0.3 is 10.1 Å². The minimum Gasteiger partial charge on any atom is -0.465 e. The summed E-state index contributed by atoms with van der Waals surface area (Å²) >= 11 is 0. The number of carbonyl (C=O) groups excluding carboxylic acids is 2. The number of esters is 1. The number of hydrogen-bond acceptors (Lipinski definition) is 5. The maximum Gasteiger partial charge on any atom is 0.339 e. The molecule has 1 aromatic carbocycles. The molecule has 144 valence electrons.